The van der Waals surface area contributed by atoms with Gasteiger partial charge in [0, 0.05) is 5.88 Å². The molecule has 1 rings (SSSR count). The zero-order valence-corrected chi connectivity index (χ0v) is 9.87. The molecular formula is C10H12Cl2O2. The summed E-state index contributed by atoms with van der Waals surface area (Å²) in [6, 6.07) is 1.80. The van der Waals surface area contributed by atoms with Gasteiger partial charge < -0.3 is 9.47 Å². The summed E-state index contributed by atoms with van der Waals surface area (Å²) in [6.07, 6.45) is 0. The Bertz CT molecular complexity index is 337. The van der Waals surface area contributed by atoms with Gasteiger partial charge in [-0.25, -0.2) is 0 Å². The lowest BCUT2D eigenvalue weighted by molar-refractivity contribution is 0.352. The highest BCUT2D eigenvalue weighted by Gasteiger charge is 2.14. The number of ether oxygens (including phenoxy) is 2. The number of hydrogen-bond donors (Lipinski definition) is 0. The maximum absolute atomic E-state index is 6.00. The van der Waals surface area contributed by atoms with Crippen LogP contribution in [0.15, 0.2) is 6.07 Å². The fraction of sp³-hybridized carbons (Fsp3) is 0.400. The molecule has 4 heteroatoms. The van der Waals surface area contributed by atoms with E-state index in [0.717, 1.165) is 11.1 Å². The third-order valence-electron chi connectivity index (χ3n) is 2.10. The average Bonchev–Trinajstić information content (AvgIpc) is 2.20. The SMILES string of the molecule is COc1c(Cl)cc(CCl)c(C)c1OC. The molecule has 0 radical (unpaired) electrons. The Kier molecular flexibility index (Phi) is 3.90. The second-order valence-electron chi connectivity index (χ2n) is 2.84. The highest BCUT2D eigenvalue weighted by molar-refractivity contribution is 6.32. The smallest absolute Gasteiger partial charge is 0.179 e. The summed E-state index contributed by atoms with van der Waals surface area (Å²) in [7, 11) is 3.14. The molecule has 0 spiro atoms. The molecular weight excluding hydrogens is 223 g/mol. The van der Waals surface area contributed by atoms with Gasteiger partial charge in [0.25, 0.3) is 0 Å². The maximum atomic E-state index is 6.00. The largest absolute Gasteiger partial charge is 0.493 e. The number of methoxy groups -OCH3 is 2. The molecule has 0 saturated heterocycles. The topological polar surface area (TPSA) is 18.5 Å². The van der Waals surface area contributed by atoms with Gasteiger partial charge in [0.05, 0.1) is 19.2 Å². The van der Waals surface area contributed by atoms with Crippen LogP contribution in [-0.2, 0) is 5.88 Å². The average molecular weight is 235 g/mol. The summed E-state index contributed by atoms with van der Waals surface area (Å²) >= 11 is 11.8. The highest BCUT2D eigenvalue weighted by atomic mass is 35.5. The molecule has 0 heterocycles. The fourth-order valence-corrected chi connectivity index (χ4v) is 1.90. The molecule has 1 aromatic carbocycles. The normalized spacial score (nSPS) is 10.1. The predicted octanol–water partition coefficient (Wildman–Crippen LogP) is 3.40. The van der Waals surface area contributed by atoms with Crippen LogP contribution in [0.1, 0.15) is 11.1 Å². The molecule has 0 aromatic heterocycles. The number of benzene rings is 1. The van der Waals surface area contributed by atoms with E-state index in [2.05, 4.69) is 0 Å². The lowest BCUT2D eigenvalue weighted by atomic mass is 10.1. The predicted molar refractivity (Wildman–Crippen MR) is 58.9 cm³/mol. The van der Waals surface area contributed by atoms with Crippen molar-refractivity contribution < 1.29 is 9.47 Å². The Morgan fingerprint density at radius 1 is 1.21 bits per heavy atom. The van der Waals surface area contributed by atoms with Gasteiger partial charge in [0.2, 0.25) is 0 Å². The summed E-state index contributed by atoms with van der Waals surface area (Å²) in [4.78, 5) is 0. The van der Waals surface area contributed by atoms with Crippen LogP contribution in [0.2, 0.25) is 5.02 Å². The molecule has 0 bridgehead atoms. The highest BCUT2D eigenvalue weighted by Crippen LogP contribution is 2.39. The Morgan fingerprint density at radius 3 is 2.21 bits per heavy atom. The Balaban J connectivity index is 3.40. The van der Waals surface area contributed by atoms with Crippen LogP contribution in [-0.4, -0.2) is 14.2 Å². The molecule has 2 nitrogen and oxygen atoms in total. The monoisotopic (exact) mass is 234 g/mol. The van der Waals surface area contributed by atoms with Crippen molar-refractivity contribution in [2.45, 2.75) is 12.8 Å². The number of halogens is 2. The minimum Gasteiger partial charge on any atom is -0.493 e. The molecule has 0 saturated carbocycles. The van der Waals surface area contributed by atoms with Gasteiger partial charge in [-0.3, -0.25) is 0 Å². The van der Waals surface area contributed by atoms with Crippen molar-refractivity contribution in [1.82, 2.24) is 0 Å². The van der Waals surface area contributed by atoms with Gasteiger partial charge in [-0.05, 0) is 24.1 Å². The van der Waals surface area contributed by atoms with E-state index in [-0.39, 0.29) is 0 Å². The van der Waals surface area contributed by atoms with Crippen LogP contribution < -0.4 is 9.47 Å². The van der Waals surface area contributed by atoms with Gasteiger partial charge in [-0.1, -0.05) is 11.6 Å². The Hall–Kier alpha value is -0.600. The van der Waals surface area contributed by atoms with E-state index in [1.165, 1.54) is 0 Å². The molecule has 78 valence electrons. The van der Waals surface area contributed by atoms with E-state index in [1.807, 2.05) is 6.92 Å². The molecule has 0 fully saturated rings. The van der Waals surface area contributed by atoms with Crippen LogP contribution in [0.3, 0.4) is 0 Å². The van der Waals surface area contributed by atoms with Crippen LogP contribution in [0.25, 0.3) is 0 Å². The van der Waals surface area contributed by atoms with Gasteiger partial charge >= 0.3 is 0 Å². The molecule has 0 aliphatic rings. The lowest BCUT2D eigenvalue weighted by Gasteiger charge is -2.14. The van der Waals surface area contributed by atoms with Crippen molar-refractivity contribution in [3.8, 4) is 11.5 Å². The van der Waals surface area contributed by atoms with Crippen molar-refractivity contribution in [3.05, 3.63) is 22.2 Å². The summed E-state index contributed by atoms with van der Waals surface area (Å²) in [6.45, 7) is 1.93. The number of hydrogen-bond acceptors (Lipinski definition) is 2. The third-order valence-corrected chi connectivity index (χ3v) is 2.67. The first-order chi connectivity index (χ1) is 6.65. The summed E-state index contributed by atoms with van der Waals surface area (Å²) in [5.41, 5.74) is 1.91. The zero-order valence-electron chi connectivity index (χ0n) is 8.36. The maximum Gasteiger partial charge on any atom is 0.179 e. The van der Waals surface area contributed by atoms with E-state index in [4.69, 9.17) is 32.7 Å². The van der Waals surface area contributed by atoms with Gasteiger partial charge in [0.15, 0.2) is 11.5 Å². The van der Waals surface area contributed by atoms with E-state index >= 15 is 0 Å². The minimum absolute atomic E-state index is 0.409. The van der Waals surface area contributed by atoms with Crippen molar-refractivity contribution in [2.24, 2.45) is 0 Å². The van der Waals surface area contributed by atoms with E-state index < -0.39 is 0 Å². The van der Waals surface area contributed by atoms with E-state index in [1.54, 1.807) is 20.3 Å². The van der Waals surface area contributed by atoms with Crippen molar-refractivity contribution in [2.75, 3.05) is 14.2 Å². The standard InChI is InChI=1S/C10H12Cl2O2/c1-6-7(5-11)4-8(12)10(14-3)9(6)13-2/h4H,5H2,1-3H3. The molecule has 14 heavy (non-hydrogen) atoms. The number of alkyl halides is 1. The van der Waals surface area contributed by atoms with E-state index in [0.29, 0.717) is 22.4 Å². The van der Waals surface area contributed by atoms with Gasteiger partial charge in [-0.15, -0.1) is 11.6 Å². The van der Waals surface area contributed by atoms with Crippen LogP contribution >= 0.6 is 23.2 Å². The minimum atomic E-state index is 0.409. The van der Waals surface area contributed by atoms with Gasteiger partial charge in [-0.2, -0.15) is 0 Å². The molecule has 0 aliphatic heterocycles. The molecule has 0 N–H and O–H groups in total. The van der Waals surface area contributed by atoms with Crippen molar-refractivity contribution in [1.29, 1.82) is 0 Å². The fourth-order valence-electron chi connectivity index (χ4n) is 1.33. The summed E-state index contributed by atoms with van der Waals surface area (Å²) in [5, 5.41) is 0.519. The van der Waals surface area contributed by atoms with Crippen molar-refractivity contribution >= 4 is 23.2 Å². The third kappa shape index (κ3) is 1.91. The number of rotatable bonds is 3. The second-order valence-corrected chi connectivity index (χ2v) is 3.52. The first kappa shape index (κ1) is 11.5. The van der Waals surface area contributed by atoms with E-state index in [9.17, 15) is 0 Å². The van der Waals surface area contributed by atoms with Gasteiger partial charge in [0.1, 0.15) is 0 Å². The quantitative estimate of drug-likeness (QED) is 0.747. The molecule has 0 amide bonds. The summed E-state index contributed by atoms with van der Waals surface area (Å²) in [5.74, 6) is 1.61. The van der Waals surface area contributed by atoms with Crippen molar-refractivity contribution in [3.63, 3.8) is 0 Å². The molecule has 1 aromatic rings. The summed E-state index contributed by atoms with van der Waals surface area (Å²) < 4.78 is 10.4. The molecule has 0 atom stereocenters. The second kappa shape index (κ2) is 4.76. The molecule has 0 unspecified atom stereocenters. The van der Waals surface area contributed by atoms with Crippen LogP contribution in [0, 0.1) is 6.92 Å². The Labute approximate surface area is 93.7 Å². The zero-order chi connectivity index (χ0) is 10.7. The lowest BCUT2D eigenvalue weighted by Crippen LogP contribution is -1.97. The van der Waals surface area contributed by atoms with Crippen LogP contribution in [0.5, 0.6) is 11.5 Å². The molecule has 0 aliphatic carbocycles. The Morgan fingerprint density at radius 2 is 1.79 bits per heavy atom. The van der Waals surface area contributed by atoms with Crippen LogP contribution in [0.4, 0.5) is 0 Å². The first-order valence-electron chi connectivity index (χ1n) is 4.11. The first-order valence-corrected chi connectivity index (χ1v) is 5.02.